The number of nitrogens with zero attached hydrogens (tertiary/aromatic N) is 1. The summed E-state index contributed by atoms with van der Waals surface area (Å²) in [6.45, 7) is 4.08. The zero-order valence-electron chi connectivity index (χ0n) is 11.5. The van der Waals surface area contributed by atoms with Gasteiger partial charge in [0.1, 0.15) is 11.5 Å². The Kier molecular flexibility index (Phi) is 4.62. The van der Waals surface area contributed by atoms with E-state index in [-0.39, 0.29) is 5.92 Å². The predicted molar refractivity (Wildman–Crippen MR) is 77.1 cm³/mol. The van der Waals surface area contributed by atoms with Crippen LogP contribution in [-0.4, -0.2) is 12.1 Å². The first-order valence-electron chi connectivity index (χ1n) is 6.48. The molecule has 0 spiro atoms. The molecule has 1 unspecified atom stereocenters. The first kappa shape index (κ1) is 14.4. The minimum absolute atomic E-state index is 0.155. The van der Waals surface area contributed by atoms with Crippen LogP contribution >= 0.6 is 0 Å². The summed E-state index contributed by atoms with van der Waals surface area (Å²) >= 11 is 0. The minimum Gasteiger partial charge on any atom is -0.458 e. The highest BCUT2D eigenvalue weighted by molar-refractivity contribution is 6.61. The molecular formula is C15H16BNO3. The molecule has 1 aliphatic heterocycles. The van der Waals surface area contributed by atoms with E-state index in [1.54, 1.807) is 24.3 Å². The molecule has 0 aliphatic carbocycles. The van der Waals surface area contributed by atoms with Gasteiger partial charge in [0.25, 0.3) is 0 Å². The third-order valence-electron chi connectivity index (χ3n) is 3.05. The van der Waals surface area contributed by atoms with Gasteiger partial charge >= 0.3 is 7.12 Å². The average molecular weight is 269 g/mol. The van der Waals surface area contributed by atoms with Crippen LogP contribution < -0.4 is 10.2 Å². The van der Waals surface area contributed by atoms with Gasteiger partial charge in [0, 0.05) is 0 Å². The number of nitriles is 1. The number of benzene rings is 1. The fourth-order valence-electron chi connectivity index (χ4n) is 1.88. The van der Waals surface area contributed by atoms with E-state index in [4.69, 9.17) is 14.7 Å². The van der Waals surface area contributed by atoms with Crippen LogP contribution in [0.5, 0.6) is 5.75 Å². The lowest BCUT2D eigenvalue weighted by Crippen LogP contribution is -2.27. The van der Waals surface area contributed by atoms with Crippen LogP contribution in [0.2, 0.25) is 0 Å². The maximum atomic E-state index is 9.56. The Hall–Kier alpha value is -2.03. The van der Waals surface area contributed by atoms with Crippen molar-refractivity contribution in [2.45, 2.75) is 20.5 Å². The monoisotopic (exact) mass is 269 g/mol. The van der Waals surface area contributed by atoms with Gasteiger partial charge in [-0.3, -0.25) is 0 Å². The number of ether oxygens (including phenoxy) is 1. The minimum atomic E-state index is -0.836. The lowest BCUT2D eigenvalue weighted by Gasteiger charge is -2.08. The van der Waals surface area contributed by atoms with Gasteiger partial charge in [-0.05, 0) is 49.2 Å². The summed E-state index contributed by atoms with van der Waals surface area (Å²) in [6.07, 6.45) is 5.40. The Balaban J connectivity index is 2.10. The molecular weight excluding hydrogens is 253 g/mol. The lowest BCUT2D eigenvalue weighted by molar-refractivity contribution is 0.275. The summed E-state index contributed by atoms with van der Waals surface area (Å²) < 4.78 is 10.9. The second-order valence-electron chi connectivity index (χ2n) is 4.59. The van der Waals surface area contributed by atoms with E-state index in [9.17, 15) is 5.02 Å². The standard InChI is InChI=1S/C15H16BNO3/c1-3-13(5-4-11(2)9-17)20-14-6-7-15-12(8-14)10-19-16(15)18/h3-8,11,18H,10H2,1-2H3/b5-4-,13-3+. The Morgan fingerprint density at radius 3 is 3.10 bits per heavy atom. The quantitative estimate of drug-likeness (QED) is 0.515. The van der Waals surface area contributed by atoms with Gasteiger partial charge in [-0.15, -0.1) is 0 Å². The topological polar surface area (TPSA) is 62.5 Å². The van der Waals surface area contributed by atoms with Crippen LogP contribution in [0.15, 0.2) is 42.2 Å². The smallest absolute Gasteiger partial charge is 0.458 e. The molecule has 1 aromatic rings. The normalized spacial score (nSPS) is 16.1. The summed E-state index contributed by atoms with van der Waals surface area (Å²) in [6, 6.07) is 7.59. The van der Waals surface area contributed by atoms with Gasteiger partial charge in [0.05, 0.1) is 18.6 Å². The lowest BCUT2D eigenvalue weighted by atomic mass is 9.80. The van der Waals surface area contributed by atoms with Crippen molar-refractivity contribution < 1.29 is 14.4 Å². The fourth-order valence-corrected chi connectivity index (χ4v) is 1.88. The Bertz CT molecular complexity index is 589. The van der Waals surface area contributed by atoms with Crippen molar-refractivity contribution in [3.05, 3.63) is 47.7 Å². The molecule has 1 atom stereocenters. The van der Waals surface area contributed by atoms with Crippen LogP contribution in [0, 0.1) is 17.2 Å². The van der Waals surface area contributed by atoms with Gasteiger partial charge in [0.15, 0.2) is 0 Å². The Morgan fingerprint density at radius 2 is 2.40 bits per heavy atom. The van der Waals surface area contributed by atoms with Crippen molar-refractivity contribution in [3.63, 3.8) is 0 Å². The number of hydrogen-bond acceptors (Lipinski definition) is 4. The van der Waals surface area contributed by atoms with Gasteiger partial charge in [-0.2, -0.15) is 5.26 Å². The Morgan fingerprint density at radius 1 is 1.60 bits per heavy atom. The highest BCUT2D eigenvalue weighted by atomic mass is 16.5. The van der Waals surface area contributed by atoms with Crippen LogP contribution in [-0.2, 0) is 11.3 Å². The molecule has 2 rings (SSSR count). The number of allylic oxidation sites excluding steroid dienone is 3. The zero-order valence-corrected chi connectivity index (χ0v) is 11.5. The molecule has 102 valence electrons. The fraction of sp³-hybridized carbons (Fsp3) is 0.267. The first-order chi connectivity index (χ1) is 9.63. The maximum absolute atomic E-state index is 9.56. The van der Waals surface area contributed by atoms with E-state index in [1.807, 2.05) is 26.0 Å². The van der Waals surface area contributed by atoms with Gasteiger partial charge in [-0.25, -0.2) is 0 Å². The van der Waals surface area contributed by atoms with Crippen molar-refractivity contribution in [2.24, 2.45) is 5.92 Å². The molecule has 0 aromatic heterocycles. The molecule has 0 amide bonds. The number of hydrogen-bond donors (Lipinski definition) is 1. The third-order valence-corrected chi connectivity index (χ3v) is 3.05. The van der Waals surface area contributed by atoms with E-state index in [0.717, 1.165) is 11.0 Å². The van der Waals surface area contributed by atoms with Crippen molar-refractivity contribution in [2.75, 3.05) is 0 Å². The van der Waals surface area contributed by atoms with Gasteiger partial charge < -0.3 is 14.4 Å². The first-order valence-corrected chi connectivity index (χ1v) is 6.48. The van der Waals surface area contributed by atoms with E-state index in [2.05, 4.69) is 6.07 Å². The molecule has 0 radical (unpaired) electrons. The van der Waals surface area contributed by atoms with Gasteiger partial charge in [-0.1, -0.05) is 12.1 Å². The molecule has 0 fully saturated rings. The second-order valence-corrected chi connectivity index (χ2v) is 4.59. The average Bonchev–Trinajstić information content (AvgIpc) is 2.84. The van der Waals surface area contributed by atoms with E-state index >= 15 is 0 Å². The summed E-state index contributed by atoms with van der Waals surface area (Å²) in [5, 5.41) is 18.3. The molecule has 0 bridgehead atoms. The van der Waals surface area contributed by atoms with E-state index < -0.39 is 7.12 Å². The highest BCUT2D eigenvalue weighted by Gasteiger charge is 2.27. The van der Waals surface area contributed by atoms with Crippen molar-refractivity contribution >= 4 is 12.6 Å². The van der Waals surface area contributed by atoms with E-state index in [1.165, 1.54) is 0 Å². The summed E-state index contributed by atoms with van der Waals surface area (Å²) in [5.41, 5.74) is 1.72. The largest absolute Gasteiger partial charge is 0.491 e. The van der Waals surface area contributed by atoms with Crippen molar-refractivity contribution in [1.82, 2.24) is 0 Å². The van der Waals surface area contributed by atoms with E-state index in [0.29, 0.717) is 18.1 Å². The molecule has 0 saturated heterocycles. The molecule has 1 N–H and O–H groups in total. The molecule has 20 heavy (non-hydrogen) atoms. The maximum Gasteiger partial charge on any atom is 0.491 e. The van der Waals surface area contributed by atoms with Crippen LogP contribution in [0.1, 0.15) is 19.4 Å². The van der Waals surface area contributed by atoms with Crippen LogP contribution in [0.3, 0.4) is 0 Å². The second kappa shape index (κ2) is 6.42. The SMILES string of the molecule is C/C=C(\C=C/C(C)C#N)Oc1ccc2c(c1)COB2O. The molecule has 1 aliphatic rings. The van der Waals surface area contributed by atoms with Crippen LogP contribution in [0.25, 0.3) is 0 Å². The molecule has 1 aromatic carbocycles. The molecule has 4 nitrogen and oxygen atoms in total. The van der Waals surface area contributed by atoms with Crippen molar-refractivity contribution in [1.29, 1.82) is 5.26 Å². The zero-order chi connectivity index (χ0) is 14.5. The van der Waals surface area contributed by atoms with Crippen molar-refractivity contribution in [3.8, 4) is 11.8 Å². The van der Waals surface area contributed by atoms with Crippen LogP contribution in [0.4, 0.5) is 0 Å². The number of rotatable bonds is 4. The Labute approximate surface area is 119 Å². The van der Waals surface area contributed by atoms with Gasteiger partial charge in [0.2, 0.25) is 0 Å². The molecule has 0 saturated carbocycles. The molecule has 1 heterocycles. The summed E-state index contributed by atoms with van der Waals surface area (Å²) in [5.74, 6) is 1.20. The highest BCUT2D eigenvalue weighted by Crippen LogP contribution is 2.19. The number of fused-ring (bicyclic) bond motifs is 1. The third kappa shape index (κ3) is 3.29. The molecule has 5 heteroatoms. The summed E-state index contributed by atoms with van der Waals surface area (Å²) in [7, 11) is -0.836. The summed E-state index contributed by atoms with van der Waals surface area (Å²) in [4.78, 5) is 0. The predicted octanol–water partition coefficient (Wildman–Crippen LogP) is 1.90.